The van der Waals surface area contributed by atoms with E-state index in [-0.39, 0.29) is 11.9 Å². The number of anilines is 1. The van der Waals surface area contributed by atoms with Gasteiger partial charge < -0.3 is 15.4 Å². The first kappa shape index (κ1) is 21.0. The van der Waals surface area contributed by atoms with Crippen molar-refractivity contribution in [2.75, 3.05) is 19.0 Å². The fraction of sp³-hybridized carbons (Fsp3) is 0.217. The van der Waals surface area contributed by atoms with Crippen LogP contribution in [0, 0.1) is 6.92 Å². The molecule has 0 aliphatic carbocycles. The summed E-state index contributed by atoms with van der Waals surface area (Å²) in [7, 11) is 1.38. The highest BCUT2D eigenvalue weighted by Crippen LogP contribution is 2.29. The van der Waals surface area contributed by atoms with Crippen molar-refractivity contribution in [3.63, 3.8) is 0 Å². The van der Waals surface area contributed by atoms with E-state index in [0.29, 0.717) is 22.2 Å². The molecule has 2 N–H and O–H groups in total. The molecule has 6 heteroatoms. The molecule has 0 unspecified atom stereocenters. The highest BCUT2D eigenvalue weighted by atomic mass is 32.1. The molecule has 3 aromatic rings. The number of carbonyl (C=O) groups excluding carboxylic acids is 1. The van der Waals surface area contributed by atoms with Crippen molar-refractivity contribution < 1.29 is 9.53 Å². The van der Waals surface area contributed by atoms with Gasteiger partial charge in [0.1, 0.15) is 5.00 Å². The lowest BCUT2D eigenvalue weighted by atomic mass is 9.88. The van der Waals surface area contributed by atoms with Crippen molar-refractivity contribution in [2.45, 2.75) is 19.3 Å². The van der Waals surface area contributed by atoms with E-state index in [1.54, 1.807) is 0 Å². The zero-order chi connectivity index (χ0) is 20.6. The molecule has 0 aliphatic rings. The van der Waals surface area contributed by atoms with Crippen molar-refractivity contribution in [1.82, 2.24) is 5.32 Å². The monoisotopic (exact) mass is 424 g/mol. The molecule has 0 amide bonds. The van der Waals surface area contributed by atoms with E-state index in [9.17, 15) is 4.79 Å². The first-order valence-electron chi connectivity index (χ1n) is 9.42. The van der Waals surface area contributed by atoms with Gasteiger partial charge in [-0.1, -0.05) is 60.7 Å². The number of hydrogen-bond donors (Lipinski definition) is 2. The molecule has 0 aliphatic heterocycles. The molecular weight excluding hydrogens is 400 g/mol. The fourth-order valence-electron chi connectivity index (χ4n) is 3.24. The van der Waals surface area contributed by atoms with Crippen LogP contribution in [0.25, 0.3) is 0 Å². The lowest BCUT2D eigenvalue weighted by Gasteiger charge is -2.19. The van der Waals surface area contributed by atoms with Gasteiger partial charge in [-0.3, -0.25) is 0 Å². The Labute approximate surface area is 180 Å². The molecule has 2 aromatic carbocycles. The normalized spacial score (nSPS) is 10.6. The molecule has 1 aromatic heterocycles. The minimum Gasteiger partial charge on any atom is -0.465 e. The SMILES string of the molecule is COC(=O)c1cc(C)sc1NC(=S)NCCC(c1ccccc1)c1ccccc1. The number of nitrogens with one attached hydrogen (secondary N) is 2. The molecule has 150 valence electrons. The molecule has 4 nitrogen and oxygen atoms in total. The highest BCUT2D eigenvalue weighted by Gasteiger charge is 2.17. The zero-order valence-corrected chi connectivity index (χ0v) is 18.1. The lowest BCUT2D eigenvalue weighted by Crippen LogP contribution is -2.30. The van der Waals surface area contributed by atoms with E-state index in [4.69, 9.17) is 17.0 Å². The van der Waals surface area contributed by atoms with Gasteiger partial charge in [0.25, 0.3) is 0 Å². The van der Waals surface area contributed by atoms with Gasteiger partial charge in [-0.05, 0) is 42.8 Å². The van der Waals surface area contributed by atoms with Gasteiger partial charge in [0.05, 0.1) is 12.7 Å². The largest absolute Gasteiger partial charge is 0.465 e. The summed E-state index contributed by atoms with van der Waals surface area (Å²) in [5.74, 6) is -0.0878. The fourth-order valence-corrected chi connectivity index (χ4v) is 4.42. The number of thiocarbonyl (C=S) groups is 1. The Morgan fingerprint density at radius 1 is 1.07 bits per heavy atom. The summed E-state index contributed by atoms with van der Waals surface area (Å²) in [4.78, 5) is 12.9. The van der Waals surface area contributed by atoms with E-state index in [1.165, 1.54) is 29.6 Å². The second-order valence-corrected chi connectivity index (χ2v) is 8.30. The standard InChI is InChI=1S/C23H24N2O2S2/c1-16-15-20(22(26)27-2)21(29-16)25-23(28)24-14-13-19(17-9-5-3-6-10-17)18-11-7-4-8-12-18/h3-12,15,19H,13-14H2,1-2H3,(H2,24,25,28). The van der Waals surface area contributed by atoms with Crippen molar-refractivity contribution in [1.29, 1.82) is 0 Å². The summed E-state index contributed by atoms with van der Waals surface area (Å²) in [6.45, 7) is 2.65. The smallest absolute Gasteiger partial charge is 0.340 e. The van der Waals surface area contributed by atoms with Crippen LogP contribution in [0.2, 0.25) is 0 Å². The summed E-state index contributed by atoms with van der Waals surface area (Å²) in [6, 6.07) is 22.8. The van der Waals surface area contributed by atoms with Crippen LogP contribution >= 0.6 is 23.6 Å². The summed E-state index contributed by atoms with van der Waals surface area (Å²) < 4.78 is 4.85. The first-order valence-corrected chi connectivity index (χ1v) is 10.6. The molecule has 0 spiro atoms. The van der Waals surface area contributed by atoms with Crippen LogP contribution in [-0.2, 0) is 4.74 Å². The number of esters is 1. The number of carbonyl (C=O) groups is 1. The Kier molecular flexibility index (Phi) is 7.38. The number of rotatable bonds is 7. The Hall–Kier alpha value is -2.70. The molecule has 0 saturated heterocycles. The minimum absolute atomic E-state index is 0.280. The predicted molar refractivity (Wildman–Crippen MR) is 124 cm³/mol. The molecule has 1 heterocycles. The third-order valence-corrected chi connectivity index (χ3v) is 5.82. The minimum atomic E-state index is -0.368. The molecule has 0 atom stereocenters. The number of hydrogen-bond acceptors (Lipinski definition) is 4. The van der Waals surface area contributed by atoms with Crippen LogP contribution in [0.1, 0.15) is 38.7 Å². The van der Waals surface area contributed by atoms with Gasteiger partial charge in [-0.2, -0.15) is 0 Å². The Morgan fingerprint density at radius 2 is 1.66 bits per heavy atom. The van der Waals surface area contributed by atoms with Crippen molar-refractivity contribution in [3.8, 4) is 0 Å². The third-order valence-electron chi connectivity index (χ3n) is 4.61. The number of thiophene rings is 1. The third kappa shape index (κ3) is 5.65. The topological polar surface area (TPSA) is 50.4 Å². The average Bonchev–Trinajstić information content (AvgIpc) is 3.11. The van der Waals surface area contributed by atoms with Crippen LogP contribution in [-0.4, -0.2) is 24.7 Å². The van der Waals surface area contributed by atoms with E-state index < -0.39 is 0 Å². The zero-order valence-electron chi connectivity index (χ0n) is 16.5. The van der Waals surface area contributed by atoms with Gasteiger partial charge in [-0.15, -0.1) is 11.3 Å². The molecular formula is C23H24N2O2S2. The highest BCUT2D eigenvalue weighted by molar-refractivity contribution is 7.80. The summed E-state index contributed by atoms with van der Waals surface area (Å²) >= 11 is 6.93. The van der Waals surface area contributed by atoms with Crippen molar-refractivity contribution >= 4 is 39.6 Å². The quantitative estimate of drug-likeness (QED) is 0.395. The van der Waals surface area contributed by atoms with Crippen molar-refractivity contribution in [2.24, 2.45) is 0 Å². The first-order chi connectivity index (χ1) is 14.1. The van der Waals surface area contributed by atoms with E-state index >= 15 is 0 Å². The van der Waals surface area contributed by atoms with Crippen LogP contribution in [0.15, 0.2) is 66.7 Å². The Balaban J connectivity index is 1.63. The number of benzene rings is 2. The van der Waals surface area contributed by atoms with E-state index in [0.717, 1.165) is 11.3 Å². The number of methoxy groups -OCH3 is 1. The van der Waals surface area contributed by atoms with Crippen LogP contribution in [0.3, 0.4) is 0 Å². The summed E-state index contributed by atoms with van der Waals surface area (Å²) in [5.41, 5.74) is 3.06. The summed E-state index contributed by atoms with van der Waals surface area (Å²) in [5, 5.41) is 7.61. The maximum absolute atomic E-state index is 11.9. The molecule has 0 radical (unpaired) electrons. The molecule has 3 rings (SSSR count). The summed E-state index contributed by atoms with van der Waals surface area (Å²) in [6.07, 6.45) is 0.892. The van der Waals surface area contributed by atoms with Gasteiger partial charge in [-0.25, -0.2) is 4.79 Å². The van der Waals surface area contributed by atoms with Crippen LogP contribution in [0.4, 0.5) is 5.00 Å². The maximum Gasteiger partial charge on any atom is 0.340 e. The second-order valence-electron chi connectivity index (χ2n) is 6.63. The maximum atomic E-state index is 11.9. The second kappa shape index (κ2) is 10.2. The number of ether oxygens (including phenoxy) is 1. The lowest BCUT2D eigenvalue weighted by molar-refractivity contribution is 0.0602. The molecule has 0 bridgehead atoms. The van der Waals surface area contributed by atoms with Gasteiger partial charge in [0.2, 0.25) is 0 Å². The molecule has 29 heavy (non-hydrogen) atoms. The van der Waals surface area contributed by atoms with Gasteiger partial charge >= 0.3 is 5.97 Å². The van der Waals surface area contributed by atoms with E-state index in [1.807, 2.05) is 25.1 Å². The predicted octanol–water partition coefficient (Wildman–Crippen LogP) is 5.35. The van der Waals surface area contributed by atoms with Gasteiger partial charge in [0, 0.05) is 17.3 Å². The van der Waals surface area contributed by atoms with Crippen LogP contribution < -0.4 is 10.6 Å². The van der Waals surface area contributed by atoms with Gasteiger partial charge in [0.15, 0.2) is 5.11 Å². The van der Waals surface area contributed by atoms with Crippen LogP contribution in [0.5, 0.6) is 0 Å². The van der Waals surface area contributed by atoms with Crippen molar-refractivity contribution in [3.05, 3.63) is 88.3 Å². The average molecular weight is 425 g/mol. The molecule has 0 fully saturated rings. The molecule has 0 saturated carbocycles. The Bertz CT molecular complexity index is 916. The number of aryl methyl sites for hydroxylation is 1. The Morgan fingerprint density at radius 3 is 2.21 bits per heavy atom. The van der Waals surface area contributed by atoms with E-state index in [2.05, 4.69) is 59.2 Å².